The lowest BCUT2D eigenvalue weighted by molar-refractivity contribution is -0.123. The summed E-state index contributed by atoms with van der Waals surface area (Å²) in [4.78, 5) is 11.6. The van der Waals surface area contributed by atoms with Crippen LogP contribution >= 0.6 is 0 Å². The zero-order valence-electron chi connectivity index (χ0n) is 12.1. The quantitative estimate of drug-likeness (QED) is 0.806. The molecule has 0 aliphatic carbocycles. The molecule has 0 saturated carbocycles. The van der Waals surface area contributed by atoms with Crippen LogP contribution in [0, 0.1) is 11.2 Å². The second-order valence-corrected chi connectivity index (χ2v) is 5.71. The Morgan fingerprint density at radius 3 is 2.70 bits per heavy atom. The van der Waals surface area contributed by atoms with E-state index in [9.17, 15) is 14.3 Å². The summed E-state index contributed by atoms with van der Waals surface area (Å²) >= 11 is 0. The maximum atomic E-state index is 13.3. The lowest BCUT2D eigenvalue weighted by Gasteiger charge is -2.26. The van der Waals surface area contributed by atoms with Gasteiger partial charge in [-0.15, -0.1) is 0 Å². The number of para-hydroxylation sites is 1. The molecule has 1 aromatic rings. The molecule has 0 fully saturated rings. The van der Waals surface area contributed by atoms with Crippen LogP contribution in [0.25, 0.3) is 0 Å². The van der Waals surface area contributed by atoms with E-state index in [2.05, 4.69) is 5.32 Å². The molecule has 20 heavy (non-hydrogen) atoms. The third-order valence-corrected chi connectivity index (χ3v) is 2.81. The Morgan fingerprint density at radius 2 is 2.10 bits per heavy atom. The highest BCUT2D eigenvalue weighted by molar-refractivity contribution is 5.77. The van der Waals surface area contributed by atoms with Gasteiger partial charge in [0.15, 0.2) is 18.2 Å². The van der Waals surface area contributed by atoms with Crippen LogP contribution in [0.5, 0.6) is 5.75 Å². The van der Waals surface area contributed by atoms with Crippen molar-refractivity contribution in [2.24, 2.45) is 5.41 Å². The summed E-state index contributed by atoms with van der Waals surface area (Å²) < 4.78 is 18.4. The number of ether oxygens (including phenoxy) is 1. The first kappa shape index (κ1) is 16.4. The molecule has 5 heteroatoms. The van der Waals surface area contributed by atoms with Gasteiger partial charge >= 0.3 is 0 Å². The maximum absolute atomic E-state index is 13.3. The average molecular weight is 283 g/mol. The van der Waals surface area contributed by atoms with Crippen LogP contribution in [-0.2, 0) is 4.79 Å². The molecule has 0 aromatic heterocycles. The van der Waals surface area contributed by atoms with Crippen LogP contribution in [-0.4, -0.2) is 30.3 Å². The van der Waals surface area contributed by atoms with Gasteiger partial charge in [-0.3, -0.25) is 4.79 Å². The molecule has 1 aromatic carbocycles. The Labute approximate surface area is 119 Å². The van der Waals surface area contributed by atoms with Crippen molar-refractivity contribution in [3.63, 3.8) is 0 Å². The zero-order chi connectivity index (χ0) is 15.2. The number of hydrogen-bond donors (Lipinski definition) is 2. The van der Waals surface area contributed by atoms with Gasteiger partial charge in [-0.05, 0) is 30.9 Å². The first-order chi connectivity index (χ1) is 9.30. The summed E-state index contributed by atoms with van der Waals surface area (Å²) in [6.07, 6.45) is 0.165. The summed E-state index contributed by atoms with van der Waals surface area (Å²) in [5.74, 6) is -0.743. The largest absolute Gasteiger partial charge is 0.481 e. The first-order valence-corrected chi connectivity index (χ1v) is 6.62. The van der Waals surface area contributed by atoms with Crippen LogP contribution in [0.2, 0.25) is 0 Å². The van der Waals surface area contributed by atoms with E-state index in [1.165, 1.54) is 12.1 Å². The van der Waals surface area contributed by atoms with Crippen molar-refractivity contribution < 1.29 is 19.0 Å². The predicted octanol–water partition coefficient (Wildman–Crippen LogP) is 2.12. The van der Waals surface area contributed by atoms with Crippen molar-refractivity contribution >= 4 is 5.91 Å². The smallest absolute Gasteiger partial charge is 0.257 e. The van der Waals surface area contributed by atoms with E-state index in [1.54, 1.807) is 19.1 Å². The van der Waals surface area contributed by atoms with Gasteiger partial charge in [-0.1, -0.05) is 26.0 Å². The number of aliphatic hydroxyl groups excluding tert-OH is 1. The lowest BCUT2D eigenvalue weighted by atomic mass is 9.87. The molecule has 4 nitrogen and oxygen atoms in total. The molecular formula is C15H22FNO3. The van der Waals surface area contributed by atoms with Crippen molar-refractivity contribution in [2.75, 3.05) is 13.2 Å². The number of aliphatic hydroxyl groups is 1. The molecule has 1 rings (SSSR count). The van der Waals surface area contributed by atoms with Crippen LogP contribution in [0.15, 0.2) is 24.3 Å². The number of carbonyl (C=O) groups is 1. The van der Waals surface area contributed by atoms with Gasteiger partial charge in [0.05, 0.1) is 6.10 Å². The van der Waals surface area contributed by atoms with Crippen LogP contribution in [0.1, 0.15) is 27.2 Å². The van der Waals surface area contributed by atoms with E-state index < -0.39 is 11.9 Å². The third kappa shape index (κ3) is 6.02. The number of hydrogen-bond acceptors (Lipinski definition) is 3. The second kappa shape index (κ2) is 7.24. The zero-order valence-corrected chi connectivity index (χ0v) is 12.1. The van der Waals surface area contributed by atoms with Crippen molar-refractivity contribution in [1.29, 1.82) is 0 Å². The molecule has 0 radical (unpaired) electrons. The van der Waals surface area contributed by atoms with E-state index in [4.69, 9.17) is 4.74 Å². The molecular weight excluding hydrogens is 261 g/mol. The SMILES string of the molecule is CC(O)CC(C)(C)CNC(=O)COc1ccccc1F. The molecule has 0 saturated heterocycles. The molecule has 1 unspecified atom stereocenters. The van der Waals surface area contributed by atoms with Gasteiger partial charge in [0.1, 0.15) is 0 Å². The normalized spacial score (nSPS) is 12.8. The highest BCUT2D eigenvalue weighted by Crippen LogP contribution is 2.21. The number of halogens is 1. The van der Waals surface area contributed by atoms with Gasteiger partial charge in [0.25, 0.3) is 5.91 Å². The minimum Gasteiger partial charge on any atom is -0.481 e. The van der Waals surface area contributed by atoms with Crippen LogP contribution < -0.4 is 10.1 Å². The van der Waals surface area contributed by atoms with E-state index in [0.29, 0.717) is 13.0 Å². The van der Waals surface area contributed by atoms with Crippen LogP contribution in [0.3, 0.4) is 0 Å². The van der Waals surface area contributed by atoms with E-state index in [-0.39, 0.29) is 23.7 Å². The highest BCUT2D eigenvalue weighted by atomic mass is 19.1. The molecule has 0 aliphatic rings. The van der Waals surface area contributed by atoms with Gasteiger partial charge in [-0.25, -0.2) is 4.39 Å². The maximum Gasteiger partial charge on any atom is 0.257 e. The van der Waals surface area contributed by atoms with Gasteiger partial charge < -0.3 is 15.2 Å². The van der Waals surface area contributed by atoms with E-state index >= 15 is 0 Å². The van der Waals surface area contributed by atoms with Crippen molar-refractivity contribution in [1.82, 2.24) is 5.32 Å². The standard InChI is InChI=1S/C15H22FNO3/c1-11(18)8-15(2,3)10-17-14(19)9-20-13-7-5-4-6-12(13)16/h4-7,11,18H,8-10H2,1-3H3,(H,17,19). The molecule has 0 bridgehead atoms. The number of benzene rings is 1. The van der Waals surface area contributed by atoms with Crippen LogP contribution in [0.4, 0.5) is 4.39 Å². The lowest BCUT2D eigenvalue weighted by Crippen LogP contribution is -2.38. The van der Waals surface area contributed by atoms with Crippen molar-refractivity contribution in [3.8, 4) is 5.75 Å². The summed E-state index contributed by atoms with van der Waals surface area (Å²) in [5, 5.41) is 12.1. The summed E-state index contributed by atoms with van der Waals surface area (Å²) in [6, 6.07) is 5.95. The third-order valence-electron chi connectivity index (χ3n) is 2.81. The van der Waals surface area contributed by atoms with Crippen molar-refractivity contribution in [2.45, 2.75) is 33.3 Å². The molecule has 0 spiro atoms. The fourth-order valence-electron chi connectivity index (χ4n) is 1.97. The van der Waals surface area contributed by atoms with E-state index in [1.807, 2.05) is 13.8 Å². The van der Waals surface area contributed by atoms with Gasteiger partial charge in [0, 0.05) is 6.54 Å². The minimum atomic E-state index is -0.491. The number of rotatable bonds is 7. The average Bonchev–Trinajstić information content (AvgIpc) is 2.34. The Hall–Kier alpha value is -1.62. The molecule has 112 valence electrons. The summed E-state index contributed by atoms with van der Waals surface area (Å²) in [6.45, 7) is 5.82. The first-order valence-electron chi connectivity index (χ1n) is 6.62. The van der Waals surface area contributed by atoms with E-state index in [0.717, 1.165) is 0 Å². The number of carbonyl (C=O) groups excluding carboxylic acids is 1. The Kier molecular flexibility index (Phi) is 5.95. The number of amides is 1. The summed E-state index contributed by atoms with van der Waals surface area (Å²) in [5.41, 5.74) is -0.207. The monoisotopic (exact) mass is 283 g/mol. The van der Waals surface area contributed by atoms with Crippen molar-refractivity contribution in [3.05, 3.63) is 30.1 Å². The molecule has 1 amide bonds. The number of nitrogens with one attached hydrogen (secondary N) is 1. The molecule has 2 N–H and O–H groups in total. The predicted molar refractivity (Wildman–Crippen MR) is 75.0 cm³/mol. The van der Waals surface area contributed by atoms with Gasteiger partial charge in [0.2, 0.25) is 0 Å². The second-order valence-electron chi connectivity index (χ2n) is 5.71. The molecule has 0 heterocycles. The fraction of sp³-hybridized carbons (Fsp3) is 0.533. The van der Waals surface area contributed by atoms with Gasteiger partial charge in [-0.2, -0.15) is 0 Å². The summed E-state index contributed by atoms with van der Waals surface area (Å²) in [7, 11) is 0. The Morgan fingerprint density at radius 1 is 1.45 bits per heavy atom. The topological polar surface area (TPSA) is 58.6 Å². The minimum absolute atomic E-state index is 0.0610. The fourth-order valence-corrected chi connectivity index (χ4v) is 1.97. The Bertz CT molecular complexity index is 446. The highest BCUT2D eigenvalue weighted by Gasteiger charge is 2.21. The Balaban J connectivity index is 2.36. The molecule has 0 aliphatic heterocycles. The molecule has 1 atom stereocenters.